The van der Waals surface area contributed by atoms with E-state index < -0.39 is 17.8 Å². The smallest absolute Gasteiger partial charge is 0.305 e. The first-order chi connectivity index (χ1) is 9.54. The Morgan fingerprint density at radius 2 is 2.05 bits per heavy atom. The third-order valence-corrected chi connectivity index (χ3v) is 2.91. The van der Waals surface area contributed by atoms with Crippen LogP contribution in [0.2, 0.25) is 0 Å². The summed E-state index contributed by atoms with van der Waals surface area (Å²) in [6.45, 7) is 2.53. The van der Waals surface area contributed by atoms with Crippen LogP contribution >= 0.6 is 0 Å². The summed E-state index contributed by atoms with van der Waals surface area (Å²) in [5.74, 6) is 0. The third-order valence-electron chi connectivity index (χ3n) is 2.91. The zero-order chi connectivity index (χ0) is 14.6. The maximum Gasteiger partial charge on any atom is 0.416 e. The number of alkyl halides is 3. The summed E-state index contributed by atoms with van der Waals surface area (Å²) in [6, 6.07) is 4.88. The van der Waals surface area contributed by atoms with Crippen LogP contribution in [-0.4, -0.2) is 22.0 Å². The number of hydrogen-bond acceptors (Lipinski definition) is 3. The van der Waals surface area contributed by atoms with Crippen molar-refractivity contribution in [3.05, 3.63) is 47.3 Å². The second kappa shape index (κ2) is 6.04. The lowest BCUT2D eigenvalue weighted by Crippen LogP contribution is -2.26. The Labute approximate surface area is 114 Å². The lowest BCUT2D eigenvalue weighted by atomic mass is 9.97. The maximum atomic E-state index is 13.1. The fourth-order valence-corrected chi connectivity index (χ4v) is 2.02. The van der Waals surface area contributed by atoms with E-state index in [9.17, 15) is 13.2 Å². The molecule has 1 aromatic heterocycles. The standard InChI is InChI=1S/C13H15F3N4/c1-2-7-17-12(11-8-18-20-19-11)9-5-3-4-6-10(9)13(14,15)16/h3-6,8,12,17H,2,7H2,1H3,(H,18,19,20). The van der Waals surface area contributed by atoms with Crippen LogP contribution in [0.3, 0.4) is 0 Å². The molecule has 0 aliphatic rings. The summed E-state index contributed by atoms with van der Waals surface area (Å²) in [5, 5.41) is 13.1. The number of hydrogen-bond donors (Lipinski definition) is 2. The van der Waals surface area contributed by atoms with E-state index in [0.717, 1.165) is 12.5 Å². The van der Waals surface area contributed by atoms with Crippen molar-refractivity contribution in [2.24, 2.45) is 0 Å². The second-order valence-electron chi connectivity index (χ2n) is 4.37. The molecule has 2 aromatic rings. The van der Waals surface area contributed by atoms with Gasteiger partial charge in [0, 0.05) is 0 Å². The van der Waals surface area contributed by atoms with Gasteiger partial charge in [-0.15, -0.1) is 0 Å². The van der Waals surface area contributed by atoms with E-state index in [0.29, 0.717) is 12.2 Å². The lowest BCUT2D eigenvalue weighted by molar-refractivity contribution is -0.138. The van der Waals surface area contributed by atoms with Gasteiger partial charge in [-0.2, -0.15) is 28.6 Å². The summed E-state index contributed by atoms with van der Waals surface area (Å²) in [7, 11) is 0. The highest BCUT2D eigenvalue weighted by Crippen LogP contribution is 2.35. The summed E-state index contributed by atoms with van der Waals surface area (Å²) < 4.78 is 39.3. The SMILES string of the molecule is CCCNC(c1cn[nH]n1)c1ccccc1C(F)(F)F. The molecule has 0 saturated carbocycles. The molecule has 0 aliphatic carbocycles. The van der Waals surface area contributed by atoms with Gasteiger partial charge in [0.15, 0.2) is 0 Å². The van der Waals surface area contributed by atoms with Gasteiger partial charge in [0.1, 0.15) is 5.69 Å². The molecule has 0 fully saturated rings. The number of nitrogens with one attached hydrogen (secondary N) is 2. The molecule has 0 saturated heterocycles. The van der Waals surface area contributed by atoms with E-state index in [1.54, 1.807) is 6.07 Å². The predicted molar refractivity (Wildman–Crippen MR) is 68.0 cm³/mol. The molecule has 1 aromatic carbocycles. The van der Waals surface area contributed by atoms with Crippen LogP contribution in [0.4, 0.5) is 13.2 Å². The first-order valence-electron chi connectivity index (χ1n) is 6.29. The number of rotatable bonds is 5. The Hall–Kier alpha value is -1.89. The van der Waals surface area contributed by atoms with E-state index in [-0.39, 0.29) is 5.56 Å². The number of aromatic nitrogens is 3. The van der Waals surface area contributed by atoms with Crippen molar-refractivity contribution in [1.82, 2.24) is 20.7 Å². The van der Waals surface area contributed by atoms with Gasteiger partial charge in [-0.3, -0.25) is 0 Å². The van der Waals surface area contributed by atoms with Crippen LogP contribution in [0.25, 0.3) is 0 Å². The maximum absolute atomic E-state index is 13.1. The molecule has 0 aliphatic heterocycles. The van der Waals surface area contributed by atoms with Crippen LogP contribution in [0.5, 0.6) is 0 Å². The van der Waals surface area contributed by atoms with Crippen molar-refractivity contribution >= 4 is 0 Å². The molecule has 20 heavy (non-hydrogen) atoms. The number of nitrogens with zero attached hydrogens (tertiary/aromatic N) is 2. The predicted octanol–water partition coefficient (Wildman–Crippen LogP) is 2.91. The molecule has 7 heteroatoms. The summed E-state index contributed by atoms with van der Waals surface area (Å²) >= 11 is 0. The number of aromatic amines is 1. The molecule has 4 nitrogen and oxygen atoms in total. The minimum Gasteiger partial charge on any atom is -0.305 e. The van der Waals surface area contributed by atoms with Gasteiger partial charge >= 0.3 is 6.18 Å². The topological polar surface area (TPSA) is 53.6 Å². The van der Waals surface area contributed by atoms with Gasteiger partial charge in [0.05, 0.1) is 17.8 Å². The minimum absolute atomic E-state index is 0.155. The molecule has 1 unspecified atom stereocenters. The van der Waals surface area contributed by atoms with Gasteiger partial charge in [-0.25, -0.2) is 0 Å². The average molecular weight is 284 g/mol. The molecule has 108 valence electrons. The van der Waals surface area contributed by atoms with E-state index in [1.165, 1.54) is 18.3 Å². The first-order valence-corrected chi connectivity index (χ1v) is 6.29. The molecule has 0 bridgehead atoms. The fourth-order valence-electron chi connectivity index (χ4n) is 2.02. The Morgan fingerprint density at radius 1 is 1.30 bits per heavy atom. The Morgan fingerprint density at radius 3 is 2.65 bits per heavy atom. The fraction of sp³-hybridized carbons (Fsp3) is 0.385. The van der Waals surface area contributed by atoms with E-state index in [2.05, 4.69) is 20.7 Å². The van der Waals surface area contributed by atoms with Crippen molar-refractivity contribution in [3.63, 3.8) is 0 Å². The van der Waals surface area contributed by atoms with Crippen molar-refractivity contribution in [1.29, 1.82) is 0 Å². The molecule has 2 N–H and O–H groups in total. The second-order valence-corrected chi connectivity index (χ2v) is 4.37. The highest BCUT2D eigenvalue weighted by Gasteiger charge is 2.35. The first kappa shape index (κ1) is 14.5. The zero-order valence-corrected chi connectivity index (χ0v) is 10.9. The Balaban J connectivity index is 2.44. The number of halogens is 3. The van der Waals surface area contributed by atoms with Crippen molar-refractivity contribution in [2.75, 3.05) is 6.54 Å². The number of benzene rings is 1. The van der Waals surface area contributed by atoms with Gasteiger partial charge < -0.3 is 5.32 Å². The Kier molecular flexibility index (Phi) is 4.39. The summed E-state index contributed by atoms with van der Waals surface area (Å²) in [4.78, 5) is 0. The van der Waals surface area contributed by atoms with Gasteiger partial charge in [-0.05, 0) is 24.6 Å². The van der Waals surface area contributed by atoms with Crippen LogP contribution in [0.1, 0.15) is 36.2 Å². The summed E-state index contributed by atoms with van der Waals surface area (Å²) in [5.41, 5.74) is -0.0610. The molecule has 0 radical (unpaired) electrons. The van der Waals surface area contributed by atoms with Crippen molar-refractivity contribution in [3.8, 4) is 0 Å². The van der Waals surface area contributed by atoms with Crippen molar-refractivity contribution in [2.45, 2.75) is 25.6 Å². The third kappa shape index (κ3) is 3.16. The lowest BCUT2D eigenvalue weighted by Gasteiger charge is -2.21. The van der Waals surface area contributed by atoms with Gasteiger partial charge in [0.2, 0.25) is 0 Å². The molecular weight excluding hydrogens is 269 g/mol. The largest absolute Gasteiger partial charge is 0.416 e. The van der Waals surface area contributed by atoms with Crippen LogP contribution in [0.15, 0.2) is 30.5 Å². The summed E-state index contributed by atoms with van der Waals surface area (Å²) in [6.07, 6.45) is -2.16. The highest BCUT2D eigenvalue weighted by molar-refractivity contribution is 5.36. The minimum atomic E-state index is -4.40. The van der Waals surface area contributed by atoms with E-state index in [4.69, 9.17) is 0 Å². The average Bonchev–Trinajstić information content (AvgIpc) is 2.92. The van der Waals surface area contributed by atoms with Crippen LogP contribution in [-0.2, 0) is 6.18 Å². The quantitative estimate of drug-likeness (QED) is 0.887. The molecule has 1 atom stereocenters. The van der Waals surface area contributed by atoms with Crippen LogP contribution < -0.4 is 5.32 Å². The van der Waals surface area contributed by atoms with Gasteiger partial charge in [0.25, 0.3) is 0 Å². The van der Waals surface area contributed by atoms with Crippen molar-refractivity contribution < 1.29 is 13.2 Å². The van der Waals surface area contributed by atoms with E-state index in [1.807, 2.05) is 6.92 Å². The molecule has 2 rings (SSSR count). The van der Waals surface area contributed by atoms with E-state index >= 15 is 0 Å². The van der Waals surface area contributed by atoms with Gasteiger partial charge in [-0.1, -0.05) is 25.1 Å². The Bertz CT molecular complexity index is 537. The highest BCUT2D eigenvalue weighted by atomic mass is 19.4. The molecule has 1 heterocycles. The monoisotopic (exact) mass is 284 g/mol. The molecule has 0 spiro atoms. The zero-order valence-electron chi connectivity index (χ0n) is 10.9. The normalized spacial score (nSPS) is 13.4. The number of H-pyrrole nitrogens is 1. The van der Waals surface area contributed by atoms with Crippen LogP contribution in [0, 0.1) is 0 Å². The molecular formula is C13H15F3N4. The molecule has 0 amide bonds.